The number of carbonyl (C=O) groups is 2. The highest BCUT2D eigenvalue weighted by Gasteiger charge is 2.37. The molecular weight excluding hydrogens is 459 g/mol. The number of nitrogens with one attached hydrogen (secondary N) is 1. The molecule has 2 amide bonds. The van der Waals surface area contributed by atoms with Gasteiger partial charge in [0.15, 0.2) is 19.3 Å². The van der Waals surface area contributed by atoms with Gasteiger partial charge in [0.25, 0.3) is 5.91 Å². The Labute approximate surface area is 200 Å². The molecule has 1 saturated heterocycles. The first kappa shape index (κ1) is 25.3. The zero-order valence-corrected chi connectivity index (χ0v) is 22.0. The summed E-state index contributed by atoms with van der Waals surface area (Å²) >= 11 is 1.22. The molecule has 2 heterocycles. The van der Waals surface area contributed by atoms with Gasteiger partial charge >= 0.3 is 0 Å². The minimum atomic E-state index is -1.98. The summed E-state index contributed by atoms with van der Waals surface area (Å²) in [6, 6.07) is 5.42. The molecule has 1 aliphatic rings. The van der Waals surface area contributed by atoms with E-state index in [-0.39, 0.29) is 29.3 Å². The second-order valence-electron chi connectivity index (χ2n) is 9.80. The normalized spacial score (nSPS) is 15.0. The van der Waals surface area contributed by atoms with Crippen LogP contribution < -0.4 is 10.2 Å². The van der Waals surface area contributed by atoms with Crippen molar-refractivity contribution in [1.82, 2.24) is 9.88 Å². The van der Waals surface area contributed by atoms with Crippen molar-refractivity contribution in [1.29, 1.82) is 0 Å². The van der Waals surface area contributed by atoms with Crippen LogP contribution in [-0.2, 0) is 15.8 Å². The van der Waals surface area contributed by atoms with Crippen LogP contribution in [0, 0.1) is 5.82 Å². The highest BCUT2D eigenvalue weighted by molar-refractivity contribution is 7.14. The van der Waals surface area contributed by atoms with Gasteiger partial charge in [-0.2, -0.15) is 0 Å². The molecule has 1 N–H and O–H groups in total. The molecule has 2 aromatic rings. The smallest absolute Gasteiger partial charge is 0.273 e. The predicted octanol–water partition coefficient (Wildman–Crippen LogP) is 4.72. The standard InChI is InChI=1S/C23H33FN4O3SSi/c1-16(29)25-22-26-18(15-32-22)21(30)28-12-10-27(11-13-28)19-9-7-8-17(20(19)24)14-31-33(5,6)23(2,3)4/h7-9,15H,10-14H2,1-6H3,(H,25,26,29). The van der Waals surface area contributed by atoms with Gasteiger partial charge in [0.05, 0.1) is 12.3 Å². The molecule has 0 bridgehead atoms. The van der Waals surface area contributed by atoms with E-state index in [9.17, 15) is 9.59 Å². The number of piperazine rings is 1. The maximum atomic E-state index is 15.3. The molecule has 180 valence electrons. The van der Waals surface area contributed by atoms with E-state index in [1.54, 1.807) is 22.4 Å². The van der Waals surface area contributed by atoms with E-state index in [1.807, 2.05) is 11.0 Å². The van der Waals surface area contributed by atoms with Crippen LogP contribution in [0.1, 0.15) is 43.7 Å². The monoisotopic (exact) mass is 492 g/mol. The Kier molecular flexibility index (Phi) is 7.60. The summed E-state index contributed by atoms with van der Waals surface area (Å²) in [7, 11) is -1.98. The fourth-order valence-corrected chi connectivity index (χ4v) is 4.97. The number of amides is 2. The van der Waals surface area contributed by atoms with Crippen LogP contribution in [0.2, 0.25) is 18.1 Å². The Balaban J connectivity index is 1.62. The zero-order valence-electron chi connectivity index (χ0n) is 20.2. The molecule has 0 aliphatic carbocycles. The van der Waals surface area contributed by atoms with Crippen molar-refractivity contribution >= 4 is 42.3 Å². The fourth-order valence-electron chi connectivity index (χ4n) is 3.29. The third-order valence-corrected chi connectivity index (χ3v) is 11.6. The molecular formula is C23H33FN4O3SSi. The molecule has 7 nitrogen and oxygen atoms in total. The third-order valence-electron chi connectivity index (χ3n) is 6.37. The highest BCUT2D eigenvalue weighted by Crippen LogP contribution is 2.37. The number of benzene rings is 1. The summed E-state index contributed by atoms with van der Waals surface area (Å²) in [5.74, 6) is -0.661. The van der Waals surface area contributed by atoms with Crippen LogP contribution in [-0.4, -0.2) is 56.2 Å². The van der Waals surface area contributed by atoms with Gasteiger partial charge in [0.2, 0.25) is 5.91 Å². The van der Waals surface area contributed by atoms with E-state index in [4.69, 9.17) is 4.43 Å². The maximum Gasteiger partial charge on any atom is 0.273 e. The van der Waals surface area contributed by atoms with Gasteiger partial charge in [-0.1, -0.05) is 32.9 Å². The van der Waals surface area contributed by atoms with Crippen molar-refractivity contribution in [3.63, 3.8) is 0 Å². The second kappa shape index (κ2) is 9.90. The molecule has 1 aromatic carbocycles. The number of thiazole rings is 1. The number of carbonyl (C=O) groups excluding carboxylic acids is 2. The van der Waals surface area contributed by atoms with E-state index < -0.39 is 8.32 Å². The van der Waals surface area contributed by atoms with E-state index in [2.05, 4.69) is 44.2 Å². The molecule has 0 atom stereocenters. The van der Waals surface area contributed by atoms with Gasteiger partial charge in [0, 0.05) is 44.0 Å². The average Bonchev–Trinajstić information content (AvgIpc) is 3.19. The van der Waals surface area contributed by atoms with Crippen molar-refractivity contribution in [3.05, 3.63) is 40.7 Å². The Hall–Kier alpha value is -2.30. The molecule has 0 saturated carbocycles. The number of hydrogen-bond donors (Lipinski definition) is 1. The summed E-state index contributed by atoms with van der Waals surface area (Å²) in [5.41, 5.74) is 1.41. The van der Waals surface area contributed by atoms with E-state index >= 15 is 4.39 Å². The van der Waals surface area contributed by atoms with Gasteiger partial charge in [-0.25, -0.2) is 9.37 Å². The van der Waals surface area contributed by atoms with Gasteiger partial charge in [-0.05, 0) is 24.2 Å². The van der Waals surface area contributed by atoms with E-state index in [0.717, 1.165) is 0 Å². The summed E-state index contributed by atoms with van der Waals surface area (Å²) in [6.07, 6.45) is 0. The third kappa shape index (κ3) is 5.98. The van der Waals surface area contributed by atoms with Crippen molar-refractivity contribution in [2.24, 2.45) is 0 Å². The SMILES string of the molecule is CC(=O)Nc1nc(C(=O)N2CCN(c3cccc(CO[Si](C)(C)C(C)(C)C)c3F)CC2)cs1. The van der Waals surface area contributed by atoms with Crippen LogP contribution in [0.3, 0.4) is 0 Å². The lowest BCUT2D eigenvalue weighted by Crippen LogP contribution is -2.49. The largest absolute Gasteiger partial charge is 0.412 e. The van der Waals surface area contributed by atoms with Crippen LogP contribution in [0.4, 0.5) is 15.2 Å². The molecule has 33 heavy (non-hydrogen) atoms. The van der Waals surface area contributed by atoms with Crippen molar-refractivity contribution in [2.45, 2.75) is 52.4 Å². The summed E-state index contributed by atoms with van der Waals surface area (Å²) in [5, 5.41) is 4.70. The molecule has 1 aliphatic heterocycles. The Morgan fingerprint density at radius 1 is 1.21 bits per heavy atom. The van der Waals surface area contributed by atoms with E-state index in [1.165, 1.54) is 18.3 Å². The van der Waals surface area contributed by atoms with Crippen LogP contribution in [0.25, 0.3) is 0 Å². The minimum Gasteiger partial charge on any atom is -0.412 e. The van der Waals surface area contributed by atoms with Crippen molar-refractivity contribution < 1.29 is 18.4 Å². The summed E-state index contributed by atoms with van der Waals surface area (Å²) in [6.45, 7) is 14.5. The van der Waals surface area contributed by atoms with Gasteiger partial charge < -0.3 is 19.5 Å². The first-order chi connectivity index (χ1) is 15.4. The van der Waals surface area contributed by atoms with Gasteiger partial charge in [0.1, 0.15) is 5.69 Å². The lowest BCUT2D eigenvalue weighted by atomic mass is 10.1. The van der Waals surface area contributed by atoms with E-state index in [0.29, 0.717) is 48.3 Å². The lowest BCUT2D eigenvalue weighted by Gasteiger charge is -2.37. The number of anilines is 2. The first-order valence-corrected chi connectivity index (χ1v) is 14.9. The second-order valence-corrected chi connectivity index (χ2v) is 15.5. The minimum absolute atomic E-state index is 0.0597. The first-order valence-electron chi connectivity index (χ1n) is 11.1. The van der Waals surface area contributed by atoms with Crippen LogP contribution >= 0.6 is 11.3 Å². The molecule has 0 spiro atoms. The van der Waals surface area contributed by atoms with Gasteiger partial charge in [-0.15, -0.1) is 11.3 Å². The topological polar surface area (TPSA) is 74.8 Å². The predicted molar refractivity (Wildman–Crippen MR) is 133 cm³/mol. The zero-order chi connectivity index (χ0) is 24.4. The van der Waals surface area contributed by atoms with Crippen molar-refractivity contribution in [2.75, 3.05) is 36.4 Å². The molecule has 0 radical (unpaired) electrons. The van der Waals surface area contributed by atoms with Gasteiger partial charge in [-0.3, -0.25) is 9.59 Å². The quantitative estimate of drug-likeness (QED) is 0.591. The van der Waals surface area contributed by atoms with Crippen molar-refractivity contribution in [3.8, 4) is 0 Å². The lowest BCUT2D eigenvalue weighted by molar-refractivity contribution is -0.114. The fraction of sp³-hybridized carbons (Fsp3) is 0.522. The van der Waals surface area contributed by atoms with Crippen LogP contribution in [0.15, 0.2) is 23.6 Å². The average molecular weight is 493 g/mol. The summed E-state index contributed by atoms with van der Waals surface area (Å²) in [4.78, 5) is 31.8. The number of halogens is 1. The number of aromatic nitrogens is 1. The Morgan fingerprint density at radius 3 is 2.48 bits per heavy atom. The highest BCUT2D eigenvalue weighted by atomic mass is 32.1. The molecule has 1 aromatic heterocycles. The molecule has 3 rings (SSSR count). The number of rotatable bonds is 6. The molecule has 10 heteroatoms. The summed E-state index contributed by atoms with van der Waals surface area (Å²) < 4.78 is 21.5. The Morgan fingerprint density at radius 2 is 1.88 bits per heavy atom. The molecule has 0 unspecified atom stereocenters. The number of hydrogen-bond acceptors (Lipinski definition) is 6. The van der Waals surface area contributed by atoms with Crippen LogP contribution in [0.5, 0.6) is 0 Å². The maximum absolute atomic E-state index is 15.3. The Bertz CT molecular complexity index is 1010. The molecule has 1 fully saturated rings. The number of nitrogens with zero attached hydrogens (tertiary/aromatic N) is 3.